The largest absolute Gasteiger partial charge is 0.497 e. The molecule has 1 N–H and O–H groups in total. The van der Waals surface area contributed by atoms with E-state index in [2.05, 4.69) is 5.32 Å². The summed E-state index contributed by atoms with van der Waals surface area (Å²) in [5.41, 5.74) is 2.80. The van der Waals surface area contributed by atoms with Crippen LogP contribution in [0.1, 0.15) is 30.4 Å². The summed E-state index contributed by atoms with van der Waals surface area (Å²) in [6.45, 7) is 2.35. The average Bonchev–Trinajstić information content (AvgIpc) is 2.82. The highest BCUT2D eigenvalue weighted by Gasteiger charge is 2.22. The Morgan fingerprint density at radius 2 is 1.52 bits per heavy atom. The highest BCUT2D eigenvalue weighted by Crippen LogP contribution is 2.28. The molecule has 2 amide bonds. The summed E-state index contributed by atoms with van der Waals surface area (Å²) in [5, 5.41) is 2.84. The number of methoxy groups -OCH3 is 1. The van der Waals surface area contributed by atoms with Gasteiger partial charge < -0.3 is 15.0 Å². The summed E-state index contributed by atoms with van der Waals surface area (Å²) in [5.74, 6) is 0.306. The second-order valence-electron chi connectivity index (χ2n) is 7.27. The van der Waals surface area contributed by atoms with Crippen LogP contribution < -0.4 is 10.1 Å². The first-order valence-electron chi connectivity index (χ1n) is 10.4. The van der Waals surface area contributed by atoms with E-state index in [-0.39, 0.29) is 24.3 Å². The fourth-order valence-electron chi connectivity index (χ4n) is 3.55. The molecule has 3 aromatic carbocycles. The Balaban J connectivity index is 1.70. The van der Waals surface area contributed by atoms with Gasteiger partial charge in [0, 0.05) is 30.6 Å². The molecule has 5 heteroatoms. The zero-order chi connectivity index (χ0) is 22.1. The van der Waals surface area contributed by atoms with E-state index in [4.69, 9.17) is 4.74 Å². The van der Waals surface area contributed by atoms with E-state index in [0.29, 0.717) is 24.4 Å². The minimum absolute atomic E-state index is 0.00282. The molecule has 0 saturated carbocycles. The number of hydrogen-bond donors (Lipinski definition) is 1. The van der Waals surface area contributed by atoms with Crippen molar-refractivity contribution in [3.8, 4) is 5.75 Å². The predicted molar refractivity (Wildman–Crippen MR) is 123 cm³/mol. The van der Waals surface area contributed by atoms with Gasteiger partial charge in [0.2, 0.25) is 11.8 Å². The molecule has 0 aliphatic carbocycles. The van der Waals surface area contributed by atoms with Crippen molar-refractivity contribution in [1.29, 1.82) is 0 Å². The molecule has 0 aliphatic heterocycles. The predicted octanol–water partition coefficient (Wildman–Crippen LogP) is 4.70. The van der Waals surface area contributed by atoms with Crippen molar-refractivity contribution in [2.45, 2.75) is 19.3 Å². The number of anilines is 1. The molecule has 0 heterocycles. The summed E-state index contributed by atoms with van der Waals surface area (Å²) in [4.78, 5) is 27.3. The molecule has 0 unspecified atom stereocenters. The van der Waals surface area contributed by atoms with Crippen molar-refractivity contribution in [3.05, 3.63) is 96.1 Å². The van der Waals surface area contributed by atoms with Crippen molar-refractivity contribution in [1.82, 2.24) is 4.90 Å². The van der Waals surface area contributed by atoms with Gasteiger partial charge in [-0.3, -0.25) is 9.59 Å². The smallest absolute Gasteiger partial charge is 0.243 e. The molecule has 0 atom stereocenters. The first kappa shape index (κ1) is 22.1. The van der Waals surface area contributed by atoms with E-state index < -0.39 is 0 Å². The van der Waals surface area contributed by atoms with E-state index >= 15 is 0 Å². The van der Waals surface area contributed by atoms with E-state index in [0.717, 1.165) is 11.1 Å². The monoisotopic (exact) mass is 416 g/mol. The molecular formula is C26H28N2O3. The van der Waals surface area contributed by atoms with E-state index in [1.807, 2.05) is 79.7 Å². The molecule has 5 nitrogen and oxygen atoms in total. The van der Waals surface area contributed by atoms with Crippen LogP contribution in [-0.2, 0) is 9.59 Å². The number of nitrogens with zero attached hydrogens (tertiary/aromatic N) is 1. The van der Waals surface area contributed by atoms with Crippen LogP contribution in [-0.4, -0.2) is 36.9 Å². The third kappa shape index (κ3) is 6.19. The Labute approximate surface area is 183 Å². The second kappa shape index (κ2) is 11.0. The number of benzene rings is 3. The first-order chi connectivity index (χ1) is 15.1. The number of amides is 2. The lowest BCUT2D eigenvalue weighted by atomic mass is 9.88. The van der Waals surface area contributed by atoms with Crippen LogP contribution in [0, 0.1) is 0 Å². The third-order valence-corrected chi connectivity index (χ3v) is 5.21. The van der Waals surface area contributed by atoms with Crippen LogP contribution in [0.3, 0.4) is 0 Å². The van der Waals surface area contributed by atoms with Gasteiger partial charge in [0.1, 0.15) is 5.75 Å². The Kier molecular flexibility index (Phi) is 7.82. The van der Waals surface area contributed by atoms with Crippen LogP contribution in [0.4, 0.5) is 5.69 Å². The van der Waals surface area contributed by atoms with Crippen molar-refractivity contribution in [3.63, 3.8) is 0 Å². The molecule has 3 aromatic rings. The maximum absolute atomic E-state index is 13.1. The number of rotatable bonds is 9. The SMILES string of the molecule is CCN(CC(=O)Nc1cccc(OC)c1)C(=O)CC(c1ccccc1)c1ccccc1. The van der Waals surface area contributed by atoms with Crippen molar-refractivity contribution in [2.24, 2.45) is 0 Å². The fraction of sp³-hybridized carbons (Fsp3) is 0.231. The standard InChI is InChI=1S/C26H28N2O3/c1-3-28(19-25(29)27-22-15-10-16-23(17-22)31-2)26(30)18-24(20-11-6-4-7-12-20)21-13-8-5-9-14-21/h4-17,24H,3,18-19H2,1-2H3,(H,27,29). The van der Waals surface area contributed by atoms with Crippen molar-refractivity contribution in [2.75, 3.05) is 25.5 Å². The number of nitrogens with one attached hydrogen (secondary N) is 1. The van der Waals surface area contributed by atoms with Gasteiger partial charge in [0.25, 0.3) is 0 Å². The highest BCUT2D eigenvalue weighted by atomic mass is 16.5. The van der Waals surface area contributed by atoms with Crippen LogP contribution in [0.25, 0.3) is 0 Å². The number of likely N-dealkylation sites (N-methyl/N-ethyl adjacent to an activating group) is 1. The molecule has 3 rings (SSSR count). The van der Waals surface area contributed by atoms with Gasteiger partial charge in [-0.25, -0.2) is 0 Å². The molecule has 0 bridgehead atoms. The zero-order valence-corrected chi connectivity index (χ0v) is 18.0. The Bertz CT molecular complexity index is 950. The minimum atomic E-state index is -0.237. The van der Waals surface area contributed by atoms with E-state index in [1.165, 1.54) is 0 Å². The molecule has 0 spiro atoms. The van der Waals surface area contributed by atoms with Crippen molar-refractivity contribution >= 4 is 17.5 Å². The van der Waals surface area contributed by atoms with Gasteiger partial charge in [-0.2, -0.15) is 0 Å². The van der Waals surface area contributed by atoms with Gasteiger partial charge in [0.15, 0.2) is 0 Å². The fourth-order valence-corrected chi connectivity index (χ4v) is 3.55. The topological polar surface area (TPSA) is 58.6 Å². The number of hydrogen-bond acceptors (Lipinski definition) is 3. The molecule has 31 heavy (non-hydrogen) atoms. The van der Waals surface area contributed by atoms with Gasteiger partial charge in [-0.1, -0.05) is 66.7 Å². The Morgan fingerprint density at radius 1 is 0.903 bits per heavy atom. The second-order valence-corrected chi connectivity index (χ2v) is 7.27. The molecule has 0 fully saturated rings. The summed E-state index contributed by atoms with van der Waals surface area (Å²) in [7, 11) is 1.58. The summed E-state index contributed by atoms with van der Waals surface area (Å²) < 4.78 is 5.19. The molecule has 0 radical (unpaired) electrons. The lowest BCUT2D eigenvalue weighted by Gasteiger charge is -2.24. The quantitative estimate of drug-likeness (QED) is 0.550. The normalized spacial score (nSPS) is 10.5. The van der Waals surface area contributed by atoms with Gasteiger partial charge in [0.05, 0.1) is 13.7 Å². The number of ether oxygens (including phenoxy) is 1. The lowest BCUT2D eigenvalue weighted by molar-refractivity contribution is -0.134. The third-order valence-electron chi connectivity index (χ3n) is 5.21. The lowest BCUT2D eigenvalue weighted by Crippen LogP contribution is -2.38. The summed E-state index contributed by atoms with van der Waals surface area (Å²) in [6.07, 6.45) is 0.300. The van der Waals surface area contributed by atoms with E-state index in [1.54, 1.807) is 24.1 Å². The molecule has 160 valence electrons. The first-order valence-corrected chi connectivity index (χ1v) is 10.4. The molecule has 0 aromatic heterocycles. The van der Waals surface area contributed by atoms with Gasteiger partial charge in [-0.05, 0) is 30.2 Å². The molecule has 0 aliphatic rings. The van der Waals surface area contributed by atoms with Gasteiger partial charge in [-0.15, -0.1) is 0 Å². The minimum Gasteiger partial charge on any atom is -0.497 e. The highest BCUT2D eigenvalue weighted by molar-refractivity contribution is 5.94. The van der Waals surface area contributed by atoms with Crippen molar-refractivity contribution < 1.29 is 14.3 Å². The number of carbonyl (C=O) groups excluding carboxylic acids is 2. The number of carbonyl (C=O) groups is 2. The molecular weight excluding hydrogens is 388 g/mol. The Hall–Kier alpha value is -3.60. The summed E-state index contributed by atoms with van der Waals surface area (Å²) in [6, 6.07) is 27.2. The van der Waals surface area contributed by atoms with Crippen LogP contribution in [0.2, 0.25) is 0 Å². The van der Waals surface area contributed by atoms with Crippen LogP contribution in [0.15, 0.2) is 84.9 Å². The van der Waals surface area contributed by atoms with Crippen LogP contribution >= 0.6 is 0 Å². The summed E-state index contributed by atoms with van der Waals surface area (Å²) >= 11 is 0. The molecule has 0 saturated heterocycles. The van der Waals surface area contributed by atoms with Crippen LogP contribution in [0.5, 0.6) is 5.75 Å². The van der Waals surface area contributed by atoms with Gasteiger partial charge >= 0.3 is 0 Å². The average molecular weight is 417 g/mol. The maximum Gasteiger partial charge on any atom is 0.243 e. The Morgan fingerprint density at radius 3 is 2.06 bits per heavy atom. The maximum atomic E-state index is 13.1. The zero-order valence-electron chi connectivity index (χ0n) is 18.0. The van der Waals surface area contributed by atoms with E-state index in [9.17, 15) is 9.59 Å².